The van der Waals surface area contributed by atoms with Gasteiger partial charge >= 0.3 is 18.3 Å². The topological polar surface area (TPSA) is 49.3 Å². The van der Waals surface area contributed by atoms with E-state index in [-0.39, 0.29) is 5.56 Å². The average molecular weight is 315 g/mol. The lowest BCUT2D eigenvalue weighted by Crippen LogP contribution is -2.59. The van der Waals surface area contributed by atoms with Crippen LogP contribution in [-0.2, 0) is 17.5 Å². The van der Waals surface area contributed by atoms with E-state index in [4.69, 9.17) is 5.11 Å². The molecular formula is C12H11F6NO2. The Hall–Kier alpha value is -1.77. The number of halogens is 6. The molecule has 9 heteroatoms. The van der Waals surface area contributed by atoms with Crippen LogP contribution >= 0.6 is 0 Å². The van der Waals surface area contributed by atoms with E-state index in [0.29, 0.717) is 19.1 Å². The van der Waals surface area contributed by atoms with Gasteiger partial charge in [0.05, 0.1) is 5.56 Å². The third-order valence-electron chi connectivity index (χ3n) is 2.92. The lowest BCUT2D eigenvalue weighted by molar-refractivity contribution is -0.206. The molecule has 0 saturated carbocycles. The number of carboxylic acids is 1. The van der Waals surface area contributed by atoms with Crippen LogP contribution in [-0.4, -0.2) is 22.8 Å². The smallest absolute Gasteiger partial charge is 0.417 e. The number of hydrogen-bond donors (Lipinski definition) is 2. The molecule has 0 radical (unpaired) electrons. The van der Waals surface area contributed by atoms with E-state index in [9.17, 15) is 31.1 Å². The summed E-state index contributed by atoms with van der Waals surface area (Å²) in [5.41, 5.74) is -4.03. The maximum absolute atomic E-state index is 12.7. The Balaban J connectivity index is 2.85. The molecule has 0 aromatic heterocycles. The van der Waals surface area contributed by atoms with E-state index in [1.54, 1.807) is 5.32 Å². The van der Waals surface area contributed by atoms with Gasteiger partial charge in [0.2, 0.25) is 5.54 Å². The number of carboxylic acid groups (broad SMARTS) is 1. The van der Waals surface area contributed by atoms with Crippen LogP contribution in [0.5, 0.6) is 0 Å². The Bertz CT molecular complexity index is 508. The van der Waals surface area contributed by atoms with E-state index in [0.717, 1.165) is 12.1 Å². The fourth-order valence-electron chi connectivity index (χ4n) is 1.39. The summed E-state index contributed by atoms with van der Waals surface area (Å²) in [7, 11) is 0. The van der Waals surface area contributed by atoms with Gasteiger partial charge in [-0.25, -0.2) is 4.79 Å². The second-order valence-electron chi connectivity index (χ2n) is 4.48. The largest absolute Gasteiger partial charge is 0.480 e. The first-order valence-electron chi connectivity index (χ1n) is 5.59. The van der Waals surface area contributed by atoms with Gasteiger partial charge in [0.15, 0.2) is 0 Å². The molecule has 118 valence electrons. The van der Waals surface area contributed by atoms with Crippen molar-refractivity contribution in [2.75, 3.05) is 0 Å². The molecular weight excluding hydrogens is 304 g/mol. The lowest BCUT2D eigenvalue weighted by Gasteiger charge is -2.28. The Labute approximate surface area is 115 Å². The molecule has 0 fully saturated rings. The van der Waals surface area contributed by atoms with Crippen molar-refractivity contribution in [2.24, 2.45) is 0 Å². The molecule has 2 N–H and O–H groups in total. The third-order valence-corrected chi connectivity index (χ3v) is 2.92. The molecule has 1 aromatic carbocycles. The molecule has 0 aliphatic carbocycles. The van der Waals surface area contributed by atoms with Gasteiger partial charge in [-0.2, -0.15) is 26.3 Å². The maximum Gasteiger partial charge on any atom is 0.417 e. The molecule has 0 spiro atoms. The summed E-state index contributed by atoms with van der Waals surface area (Å²) in [4.78, 5) is 10.7. The van der Waals surface area contributed by atoms with Crippen molar-refractivity contribution in [1.29, 1.82) is 0 Å². The van der Waals surface area contributed by atoms with E-state index >= 15 is 0 Å². The van der Waals surface area contributed by atoms with Gasteiger partial charge in [-0.3, -0.25) is 5.32 Å². The number of hydrogen-bond acceptors (Lipinski definition) is 2. The summed E-state index contributed by atoms with van der Waals surface area (Å²) in [5, 5.41) is 10.5. The second-order valence-corrected chi connectivity index (χ2v) is 4.48. The van der Waals surface area contributed by atoms with Crippen LogP contribution in [0, 0.1) is 0 Å². The summed E-state index contributed by atoms with van der Waals surface area (Å²) < 4.78 is 75.0. The summed E-state index contributed by atoms with van der Waals surface area (Å²) >= 11 is 0. The molecule has 0 bridgehead atoms. The zero-order valence-corrected chi connectivity index (χ0v) is 10.6. The minimum absolute atomic E-state index is 0.0970. The monoisotopic (exact) mass is 315 g/mol. The number of rotatable bonds is 4. The Kier molecular flexibility index (Phi) is 4.57. The molecule has 0 aliphatic heterocycles. The van der Waals surface area contributed by atoms with Crippen LogP contribution in [0.1, 0.15) is 18.1 Å². The predicted molar refractivity (Wildman–Crippen MR) is 60.4 cm³/mol. The molecule has 1 rings (SSSR count). The zero-order valence-electron chi connectivity index (χ0n) is 10.6. The van der Waals surface area contributed by atoms with Crippen molar-refractivity contribution < 1.29 is 36.2 Å². The highest BCUT2D eigenvalue weighted by Gasteiger charge is 2.57. The van der Waals surface area contributed by atoms with E-state index in [1.807, 2.05) is 0 Å². The minimum Gasteiger partial charge on any atom is -0.480 e. The first kappa shape index (κ1) is 17.3. The van der Waals surface area contributed by atoms with Crippen LogP contribution < -0.4 is 5.32 Å². The van der Waals surface area contributed by atoms with Crippen molar-refractivity contribution in [1.82, 2.24) is 5.32 Å². The van der Waals surface area contributed by atoms with Gasteiger partial charge in [-0.15, -0.1) is 0 Å². The highest BCUT2D eigenvalue weighted by Crippen LogP contribution is 2.31. The second kappa shape index (κ2) is 5.55. The zero-order chi connectivity index (χ0) is 16.5. The lowest BCUT2D eigenvalue weighted by atomic mass is 10.0. The highest BCUT2D eigenvalue weighted by atomic mass is 19.4. The number of nitrogens with one attached hydrogen (secondary N) is 1. The molecule has 3 nitrogen and oxygen atoms in total. The number of alkyl halides is 6. The van der Waals surface area contributed by atoms with Crippen LogP contribution in [0.4, 0.5) is 26.3 Å². The summed E-state index contributed by atoms with van der Waals surface area (Å²) in [6, 6.07) is 3.38. The minimum atomic E-state index is -5.05. The molecule has 0 heterocycles. The standard InChI is InChI=1S/C12H11F6NO2/c1-10(9(20)21,12(16,17)18)19-6-7-2-4-8(5-3-7)11(13,14)15/h2-5,19H,6H2,1H3,(H,20,21). The van der Waals surface area contributed by atoms with Crippen LogP contribution in [0.3, 0.4) is 0 Å². The van der Waals surface area contributed by atoms with Crippen LogP contribution in [0.25, 0.3) is 0 Å². The average Bonchev–Trinajstić information content (AvgIpc) is 2.33. The Morgan fingerprint density at radius 3 is 1.90 bits per heavy atom. The van der Waals surface area contributed by atoms with E-state index in [1.165, 1.54) is 0 Å². The Morgan fingerprint density at radius 2 is 1.57 bits per heavy atom. The van der Waals surface area contributed by atoms with Gasteiger partial charge in [-0.1, -0.05) is 12.1 Å². The SMILES string of the molecule is CC(NCc1ccc(C(F)(F)F)cc1)(C(=O)O)C(F)(F)F. The van der Waals surface area contributed by atoms with Crippen molar-refractivity contribution in [3.05, 3.63) is 35.4 Å². The number of carbonyl (C=O) groups is 1. The normalized spacial score (nSPS) is 15.6. The maximum atomic E-state index is 12.7. The van der Waals surface area contributed by atoms with Gasteiger partial charge in [0.25, 0.3) is 0 Å². The summed E-state index contributed by atoms with van der Waals surface area (Å²) in [6.45, 7) is -0.0974. The molecule has 1 aromatic rings. The van der Waals surface area contributed by atoms with Crippen LogP contribution in [0.15, 0.2) is 24.3 Å². The Morgan fingerprint density at radius 1 is 1.10 bits per heavy atom. The number of benzene rings is 1. The van der Waals surface area contributed by atoms with Gasteiger partial charge in [0, 0.05) is 6.54 Å². The van der Waals surface area contributed by atoms with Crippen molar-refractivity contribution in [3.8, 4) is 0 Å². The van der Waals surface area contributed by atoms with Gasteiger partial charge < -0.3 is 5.11 Å². The van der Waals surface area contributed by atoms with Crippen molar-refractivity contribution >= 4 is 5.97 Å². The highest BCUT2D eigenvalue weighted by molar-refractivity contribution is 5.79. The van der Waals surface area contributed by atoms with E-state index < -0.39 is 36.0 Å². The quantitative estimate of drug-likeness (QED) is 0.839. The number of aliphatic carboxylic acids is 1. The van der Waals surface area contributed by atoms with Gasteiger partial charge in [-0.05, 0) is 24.6 Å². The fourth-order valence-corrected chi connectivity index (χ4v) is 1.39. The fraction of sp³-hybridized carbons (Fsp3) is 0.417. The molecule has 21 heavy (non-hydrogen) atoms. The van der Waals surface area contributed by atoms with Gasteiger partial charge in [0.1, 0.15) is 0 Å². The molecule has 1 atom stereocenters. The first-order valence-corrected chi connectivity index (χ1v) is 5.59. The molecule has 0 aliphatic rings. The van der Waals surface area contributed by atoms with Crippen LogP contribution in [0.2, 0.25) is 0 Å². The summed E-state index contributed by atoms with van der Waals surface area (Å²) in [6.07, 6.45) is -9.60. The molecule has 0 amide bonds. The van der Waals surface area contributed by atoms with Crippen molar-refractivity contribution in [2.45, 2.75) is 31.4 Å². The predicted octanol–water partition coefficient (Wildman–Crippen LogP) is 3.20. The van der Waals surface area contributed by atoms with Crippen molar-refractivity contribution in [3.63, 3.8) is 0 Å². The first-order chi connectivity index (χ1) is 9.38. The van der Waals surface area contributed by atoms with E-state index in [2.05, 4.69) is 0 Å². The molecule has 0 saturated heterocycles. The third kappa shape index (κ3) is 3.87. The molecule has 1 unspecified atom stereocenters. The summed E-state index contributed by atoms with van der Waals surface area (Å²) in [5.74, 6) is -2.12.